The summed E-state index contributed by atoms with van der Waals surface area (Å²) in [6, 6.07) is 4.19. The molecule has 3 N–H and O–H groups in total. The van der Waals surface area contributed by atoms with Crippen LogP contribution in [0, 0.1) is 0 Å². The summed E-state index contributed by atoms with van der Waals surface area (Å²) in [4.78, 5) is 25.6. The molecular formula is C15H20N2O4. The molecule has 1 heterocycles. The van der Waals surface area contributed by atoms with Crippen LogP contribution in [0.4, 0.5) is 0 Å². The van der Waals surface area contributed by atoms with E-state index in [0.717, 1.165) is 32.4 Å². The molecule has 2 amide bonds. The summed E-state index contributed by atoms with van der Waals surface area (Å²) >= 11 is 0. The Balaban J connectivity index is 1.81. The van der Waals surface area contributed by atoms with Crippen molar-refractivity contribution in [3.05, 3.63) is 23.8 Å². The SMILES string of the molecule is O=C(NCCC(=O)N1CCCCC1)c1cccc(O)c1O. The maximum absolute atomic E-state index is 11.9. The number of nitrogens with one attached hydrogen (secondary N) is 1. The van der Waals surface area contributed by atoms with Crippen molar-refractivity contribution in [2.75, 3.05) is 19.6 Å². The van der Waals surface area contributed by atoms with Crippen LogP contribution in [-0.2, 0) is 4.79 Å². The number of likely N-dealkylation sites (tertiary alicyclic amines) is 1. The van der Waals surface area contributed by atoms with Crippen LogP contribution >= 0.6 is 0 Å². The van der Waals surface area contributed by atoms with Crippen molar-refractivity contribution < 1.29 is 19.8 Å². The van der Waals surface area contributed by atoms with Crippen molar-refractivity contribution in [3.63, 3.8) is 0 Å². The van der Waals surface area contributed by atoms with Crippen molar-refractivity contribution in [1.29, 1.82) is 0 Å². The number of benzene rings is 1. The van der Waals surface area contributed by atoms with Crippen molar-refractivity contribution in [2.24, 2.45) is 0 Å². The van der Waals surface area contributed by atoms with Gasteiger partial charge in [-0.1, -0.05) is 6.07 Å². The van der Waals surface area contributed by atoms with Gasteiger partial charge in [0, 0.05) is 26.1 Å². The van der Waals surface area contributed by atoms with E-state index in [9.17, 15) is 19.8 Å². The van der Waals surface area contributed by atoms with Crippen LogP contribution in [0.2, 0.25) is 0 Å². The molecule has 0 aromatic heterocycles. The molecule has 1 aliphatic heterocycles. The number of para-hydroxylation sites is 1. The third kappa shape index (κ3) is 3.87. The number of carbonyl (C=O) groups excluding carboxylic acids is 2. The molecular weight excluding hydrogens is 272 g/mol. The van der Waals surface area contributed by atoms with Gasteiger partial charge in [-0.3, -0.25) is 9.59 Å². The number of hydrogen-bond acceptors (Lipinski definition) is 4. The molecule has 6 nitrogen and oxygen atoms in total. The molecule has 0 radical (unpaired) electrons. The Morgan fingerprint density at radius 1 is 1.14 bits per heavy atom. The number of carbonyl (C=O) groups is 2. The molecule has 0 spiro atoms. The van der Waals surface area contributed by atoms with Crippen molar-refractivity contribution in [1.82, 2.24) is 10.2 Å². The van der Waals surface area contributed by atoms with E-state index in [1.54, 1.807) is 0 Å². The molecule has 1 aromatic rings. The van der Waals surface area contributed by atoms with E-state index in [4.69, 9.17) is 0 Å². The molecule has 0 unspecified atom stereocenters. The first-order valence-corrected chi connectivity index (χ1v) is 7.16. The second-order valence-electron chi connectivity index (χ2n) is 5.12. The highest BCUT2D eigenvalue weighted by atomic mass is 16.3. The van der Waals surface area contributed by atoms with Gasteiger partial charge < -0.3 is 20.4 Å². The summed E-state index contributed by atoms with van der Waals surface area (Å²) in [5, 5.41) is 21.5. The smallest absolute Gasteiger partial charge is 0.255 e. The second kappa shape index (κ2) is 6.97. The molecule has 1 aliphatic rings. The molecule has 0 saturated carbocycles. The lowest BCUT2D eigenvalue weighted by Crippen LogP contribution is -2.37. The van der Waals surface area contributed by atoms with Crippen molar-refractivity contribution in [3.8, 4) is 11.5 Å². The summed E-state index contributed by atoms with van der Waals surface area (Å²) < 4.78 is 0. The van der Waals surface area contributed by atoms with Crippen LogP contribution in [0.15, 0.2) is 18.2 Å². The highest BCUT2D eigenvalue weighted by Gasteiger charge is 2.17. The Morgan fingerprint density at radius 3 is 2.57 bits per heavy atom. The summed E-state index contributed by atoms with van der Waals surface area (Å²) in [5.74, 6) is -1.26. The average Bonchev–Trinajstić information content (AvgIpc) is 2.50. The van der Waals surface area contributed by atoms with E-state index in [0.29, 0.717) is 0 Å². The zero-order valence-electron chi connectivity index (χ0n) is 11.8. The summed E-state index contributed by atoms with van der Waals surface area (Å²) in [5.41, 5.74) is 0.000390. The maximum atomic E-state index is 11.9. The number of phenols is 2. The van der Waals surface area contributed by atoms with Crippen LogP contribution in [-0.4, -0.2) is 46.6 Å². The number of phenolic OH excluding ortho intramolecular Hbond substituents is 2. The van der Waals surface area contributed by atoms with Gasteiger partial charge in [0.2, 0.25) is 5.91 Å². The molecule has 1 aromatic carbocycles. The van der Waals surface area contributed by atoms with Gasteiger partial charge in [0.15, 0.2) is 11.5 Å². The Hall–Kier alpha value is -2.24. The molecule has 1 fully saturated rings. The van der Waals surface area contributed by atoms with Gasteiger partial charge in [-0.05, 0) is 31.4 Å². The normalized spacial score (nSPS) is 14.8. The van der Waals surface area contributed by atoms with E-state index in [1.165, 1.54) is 18.2 Å². The first kappa shape index (κ1) is 15.2. The predicted octanol–water partition coefficient (Wildman–Crippen LogP) is 1.23. The van der Waals surface area contributed by atoms with E-state index < -0.39 is 11.7 Å². The Labute approximate surface area is 123 Å². The minimum Gasteiger partial charge on any atom is -0.504 e. The lowest BCUT2D eigenvalue weighted by atomic mass is 10.1. The summed E-state index contributed by atoms with van der Waals surface area (Å²) in [6.45, 7) is 1.80. The van der Waals surface area contributed by atoms with Crippen LogP contribution < -0.4 is 5.32 Å². The predicted molar refractivity (Wildman–Crippen MR) is 77.2 cm³/mol. The van der Waals surface area contributed by atoms with E-state index in [1.807, 2.05) is 4.90 Å². The number of hydrogen-bond donors (Lipinski definition) is 3. The monoisotopic (exact) mass is 292 g/mol. The molecule has 2 rings (SSSR count). The molecule has 0 bridgehead atoms. The van der Waals surface area contributed by atoms with E-state index >= 15 is 0 Å². The minimum absolute atomic E-state index is 0.000390. The van der Waals surface area contributed by atoms with Gasteiger partial charge in [0.25, 0.3) is 5.91 Å². The third-order valence-corrected chi connectivity index (χ3v) is 3.59. The summed E-state index contributed by atoms with van der Waals surface area (Å²) in [7, 11) is 0. The first-order chi connectivity index (χ1) is 10.1. The van der Waals surface area contributed by atoms with Gasteiger partial charge in [0.05, 0.1) is 5.56 Å². The molecule has 0 atom stereocenters. The lowest BCUT2D eigenvalue weighted by molar-refractivity contribution is -0.131. The number of nitrogens with zero attached hydrogens (tertiary/aromatic N) is 1. The number of aromatic hydroxyl groups is 2. The van der Waals surface area contributed by atoms with Gasteiger partial charge in [-0.2, -0.15) is 0 Å². The average molecular weight is 292 g/mol. The summed E-state index contributed by atoms with van der Waals surface area (Å²) in [6.07, 6.45) is 3.48. The first-order valence-electron chi connectivity index (χ1n) is 7.16. The minimum atomic E-state index is -0.505. The van der Waals surface area contributed by atoms with Crippen LogP contribution in [0.3, 0.4) is 0 Å². The van der Waals surface area contributed by atoms with Crippen LogP contribution in [0.25, 0.3) is 0 Å². The zero-order chi connectivity index (χ0) is 15.2. The Kier molecular flexibility index (Phi) is 5.03. The highest BCUT2D eigenvalue weighted by molar-refractivity contribution is 5.97. The van der Waals surface area contributed by atoms with Gasteiger partial charge in [-0.25, -0.2) is 0 Å². The Morgan fingerprint density at radius 2 is 1.86 bits per heavy atom. The molecule has 1 saturated heterocycles. The van der Waals surface area contributed by atoms with Gasteiger partial charge in [-0.15, -0.1) is 0 Å². The maximum Gasteiger partial charge on any atom is 0.255 e. The van der Waals surface area contributed by atoms with Crippen LogP contribution in [0.5, 0.6) is 11.5 Å². The third-order valence-electron chi connectivity index (χ3n) is 3.59. The number of rotatable bonds is 4. The van der Waals surface area contributed by atoms with Gasteiger partial charge in [0.1, 0.15) is 0 Å². The standard InChI is InChI=1S/C15H20N2O4/c18-12-6-4-5-11(14(12)20)15(21)16-8-7-13(19)17-9-2-1-3-10-17/h4-6,18,20H,1-3,7-10H2,(H,16,21). The topological polar surface area (TPSA) is 89.9 Å². The lowest BCUT2D eigenvalue weighted by Gasteiger charge is -2.26. The fourth-order valence-electron chi connectivity index (χ4n) is 2.39. The number of piperidine rings is 1. The van der Waals surface area contributed by atoms with Gasteiger partial charge >= 0.3 is 0 Å². The Bertz CT molecular complexity index is 524. The quantitative estimate of drug-likeness (QED) is 0.728. The second-order valence-corrected chi connectivity index (χ2v) is 5.12. The zero-order valence-corrected chi connectivity index (χ0v) is 11.8. The van der Waals surface area contributed by atoms with E-state index in [2.05, 4.69) is 5.32 Å². The van der Waals surface area contributed by atoms with E-state index in [-0.39, 0.29) is 30.2 Å². The molecule has 6 heteroatoms. The molecule has 0 aliphatic carbocycles. The highest BCUT2D eigenvalue weighted by Crippen LogP contribution is 2.27. The fraction of sp³-hybridized carbons (Fsp3) is 0.467. The molecule has 21 heavy (non-hydrogen) atoms. The number of amides is 2. The van der Waals surface area contributed by atoms with Crippen molar-refractivity contribution >= 4 is 11.8 Å². The fourth-order valence-corrected chi connectivity index (χ4v) is 2.39. The largest absolute Gasteiger partial charge is 0.504 e. The van der Waals surface area contributed by atoms with Crippen LogP contribution in [0.1, 0.15) is 36.0 Å². The van der Waals surface area contributed by atoms with Crippen molar-refractivity contribution in [2.45, 2.75) is 25.7 Å². The molecule has 114 valence electrons.